The molecule has 1 aliphatic carbocycles. The maximum Gasteiger partial charge on any atom is 0.356 e. The third-order valence-electron chi connectivity index (χ3n) is 8.65. The zero-order chi connectivity index (χ0) is 35.3. The molecular weight excluding hydrogens is 610 g/mol. The van der Waals surface area contributed by atoms with Gasteiger partial charge in [0.15, 0.2) is 0 Å². The number of pyridine rings is 1. The van der Waals surface area contributed by atoms with Crippen molar-refractivity contribution in [3.63, 3.8) is 0 Å². The van der Waals surface area contributed by atoms with E-state index in [4.69, 9.17) is 4.74 Å². The molecule has 49 heavy (non-hydrogen) atoms. The summed E-state index contributed by atoms with van der Waals surface area (Å²) in [7, 11) is 2.81. The van der Waals surface area contributed by atoms with E-state index in [0.717, 1.165) is 69.2 Å². The van der Waals surface area contributed by atoms with Crippen molar-refractivity contribution in [2.24, 2.45) is 0 Å². The quantitative estimate of drug-likeness (QED) is 0.105. The monoisotopic (exact) mass is 665 g/mol. The fourth-order valence-corrected chi connectivity index (χ4v) is 5.75. The first kappa shape index (κ1) is 39.0. The van der Waals surface area contributed by atoms with Gasteiger partial charge in [0.25, 0.3) is 0 Å². The first-order chi connectivity index (χ1) is 23.9. The van der Waals surface area contributed by atoms with E-state index in [-0.39, 0.29) is 11.9 Å². The maximum atomic E-state index is 11.3. The molecule has 6 heteroatoms. The average Bonchev–Trinajstić information content (AvgIpc) is 3.15. The minimum absolute atomic E-state index is 0.0940. The SMILES string of the molecule is CCCCCC(=O)OC.CCCc1ccccc1OCc1ccc(CCc2ccccc2)cc1.COC(=O)c1ccc2c(n1)CCCC2C. The Morgan fingerprint density at radius 3 is 2.08 bits per heavy atom. The zero-order valence-corrected chi connectivity index (χ0v) is 30.2. The highest BCUT2D eigenvalue weighted by atomic mass is 16.5. The summed E-state index contributed by atoms with van der Waals surface area (Å²) in [5, 5.41) is 0. The number of carbonyl (C=O) groups is 2. The standard InChI is InChI=1S/C24H26O.C12H15NO2.C7H14O2/c1-2-8-23-11-6-7-12-24(23)25-19-22-17-15-21(16-18-22)14-13-20-9-4-3-5-10-20;1-8-4-3-5-10-9(8)6-7-11(13-10)12(14)15-2;1-3-4-5-6-7(8)9-2/h3-7,9-12,15-18H,2,8,13-14,19H2,1H3;6-8H,3-5H2,1-2H3;3-6H2,1-2H3. The molecule has 1 aromatic heterocycles. The van der Waals surface area contributed by atoms with Crippen LogP contribution in [0.1, 0.15) is 116 Å². The third kappa shape index (κ3) is 13.9. The summed E-state index contributed by atoms with van der Waals surface area (Å²) in [6.45, 7) is 7.14. The molecule has 0 saturated carbocycles. The number of hydrogen-bond donors (Lipinski definition) is 0. The van der Waals surface area contributed by atoms with Gasteiger partial charge in [0.1, 0.15) is 18.1 Å². The van der Waals surface area contributed by atoms with Gasteiger partial charge in [-0.1, -0.05) is 119 Å². The molecule has 0 spiro atoms. The van der Waals surface area contributed by atoms with Gasteiger partial charge in [-0.15, -0.1) is 0 Å². The number of aryl methyl sites for hydroxylation is 4. The largest absolute Gasteiger partial charge is 0.489 e. The molecule has 0 N–H and O–H groups in total. The van der Waals surface area contributed by atoms with Crippen LogP contribution in [-0.4, -0.2) is 31.1 Å². The summed E-state index contributed by atoms with van der Waals surface area (Å²) in [5.41, 5.74) is 8.05. The Bertz CT molecular complexity index is 1530. The van der Waals surface area contributed by atoms with Crippen molar-refractivity contribution in [2.75, 3.05) is 14.2 Å². The molecule has 0 fully saturated rings. The van der Waals surface area contributed by atoms with Gasteiger partial charge in [0.05, 0.1) is 14.2 Å². The van der Waals surface area contributed by atoms with E-state index in [9.17, 15) is 9.59 Å². The van der Waals surface area contributed by atoms with Gasteiger partial charge < -0.3 is 14.2 Å². The molecule has 1 atom stereocenters. The lowest BCUT2D eigenvalue weighted by Crippen LogP contribution is -2.13. The fraction of sp³-hybridized carbons (Fsp3) is 0.419. The summed E-state index contributed by atoms with van der Waals surface area (Å²) in [4.78, 5) is 26.1. The maximum absolute atomic E-state index is 11.3. The number of carbonyl (C=O) groups excluding carboxylic acids is 2. The Morgan fingerprint density at radius 2 is 1.41 bits per heavy atom. The topological polar surface area (TPSA) is 74.7 Å². The van der Waals surface area contributed by atoms with Crippen LogP contribution in [0.5, 0.6) is 5.75 Å². The number of fused-ring (bicyclic) bond motifs is 1. The molecule has 1 heterocycles. The number of esters is 2. The summed E-state index contributed by atoms with van der Waals surface area (Å²) < 4.78 is 15.2. The molecule has 6 nitrogen and oxygen atoms in total. The average molecular weight is 666 g/mol. The Labute approximate surface area is 294 Å². The smallest absolute Gasteiger partial charge is 0.356 e. The van der Waals surface area contributed by atoms with E-state index in [2.05, 4.69) is 108 Å². The van der Waals surface area contributed by atoms with Crippen LogP contribution in [0.15, 0.2) is 91.0 Å². The van der Waals surface area contributed by atoms with E-state index >= 15 is 0 Å². The van der Waals surface area contributed by atoms with Crippen LogP contribution in [0.3, 0.4) is 0 Å². The molecule has 5 rings (SSSR count). The molecule has 3 aromatic carbocycles. The molecule has 1 unspecified atom stereocenters. The highest BCUT2D eigenvalue weighted by molar-refractivity contribution is 5.87. The van der Waals surface area contributed by atoms with Gasteiger partial charge in [-0.05, 0) is 90.8 Å². The number of hydrogen-bond acceptors (Lipinski definition) is 6. The Balaban J connectivity index is 0.000000229. The molecule has 0 saturated heterocycles. The van der Waals surface area contributed by atoms with Crippen molar-refractivity contribution in [3.05, 3.63) is 130 Å². The zero-order valence-electron chi connectivity index (χ0n) is 30.2. The van der Waals surface area contributed by atoms with Crippen LogP contribution in [-0.2, 0) is 46.6 Å². The van der Waals surface area contributed by atoms with Crippen LogP contribution in [0.25, 0.3) is 0 Å². The predicted octanol–water partition coefficient (Wildman–Crippen LogP) is 10.1. The molecule has 0 amide bonds. The van der Waals surface area contributed by atoms with Gasteiger partial charge in [-0.3, -0.25) is 4.79 Å². The summed E-state index contributed by atoms with van der Waals surface area (Å²) in [5.74, 6) is 1.13. The van der Waals surface area contributed by atoms with Crippen LogP contribution < -0.4 is 4.74 Å². The molecule has 262 valence electrons. The van der Waals surface area contributed by atoms with Gasteiger partial charge in [0.2, 0.25) is 0 Å². The highest BCUT2D eigenvalue weighted by Gasteiger charge is 2.19. The number of methoxy groups -OCH3 is 2. The van der Waals surface area contributed by atoms with Crippen molar-refractivity contribution in [2.45, 2.75) is 104 Å². The van der Waals surface area contributed by atoms with Crippen LogP contribution >= 0.6 is 0 Å². The second kappa shape index (κ2) is 22.2. The Kier molecular flexibility index (Phi) is 17.7. The highest BCUT2D eigenvalue weighted by Crippen LogP contribution is 2.30. The van der Waals surface area contributed by atoms with Crippen LogP contribution in [0.4, 0.5) is 0 Å². The van der Waals surface area contributed by atoms with E-state index in [1.807, 2.05) is 12.1 Å². The van der Waals surface area contributed by atoms with Crippen LogP contribution in [0, 0.1) is 0 Å². The lowest BCUT2D eigenvalue weighted by atomic mass is 9.87. The number of benzene rings is 3. The summed E-state index contributed by atoms with van der Waals surface area (Å²) in [6, 6.07) is 31.6. The predicted molar refractivity (Wildman–Crippen MR) is 198 cm³/mol. The van der Waals surface area contributed by atoms with E-state index in [1.54, 1.807) is 6.07 Å². The minimum atomic E-state index is -0.351. The minimum Gasteiger partial charge on any atom is -0.489 e. The van der Waals surface area contributed by atoms with E-state index < -0.39 is 0 Å². The number of rotatable bonds is 13. The number of para-hydroxylation sites is 1. The molecule has 1 aliphatic rings. The first-order valence-corrected chi connectivity index (χ1v) is 17.9. The van der Waals surface area contributed by atoms with Crippen molar-refractivity contribution in [3.8, 4) is 5.75 Å². The van der Waals surface area contributed by atoms with Gasteiger partial charge in [-0.2, -0.15) is 0 Å². The Morgan fingerprint density at radius 1 is 0.735 bits per heavy atom. The number of unbranched alkanes of at least 4 members (excludes halogenated alkanes) is 2. The number of nitrogens with zero attached hydrogens (tertiary/aromatic N) is 1. The molecule has 4 aromatic rings. The van der Waals surface area contributed by atoms with Gasteiger partial charge in [-0.25, -0.2) is 9.78 Å². The van der Waals surface area contributed by atoms with E-state index in [1.165, 1.54) is 48.5 Å². The van der Waals surface area contributed by atoms with Gasteiger partial charge in [0, 0.05) is 12.1 Å². The number of ether oxygens (including phenoxy) is 3. The van der Waals surface area contributed by atoms with Gasteiger partial charge >= 0.3 is 11.9 Å². The van der Waals surface area contributed by atoms with Crippen molar-refractivity contribution in [1.29, 1.82) is 0 Å². The third-order valence-corrected chi connectivity index (χ3v) is 8.65. The fourth-order valence-electron chi connectivity index (χ4n) is 5.75. The van der Waals surface area contributed by atoms with E-state index in [0.29, 0.717) is 24.6 Å². The summed E-state index contributed by atoms with van der Waals surface area (Å²) >= 11 is 0. The van der Waals surface area contributed by atoms with Crippen LogP contribution in [0.2, 0.25) is 0 Å². The summed E-state index contributed by atoms with van der Waals surface area (Å²) in [6.07, 6.45) is 11.5. The Hall–Kier alpha value is -4.45. The molecule has 0 radical (unpaired) electrons. The normalized spacial score (nSPS) is 13.0. The lowest BCUT2D eigenvalue weighted by Gasteiger charge is -2.21. The second-order valence-electron chi connectivity index (χ2n) is 12.5. The molecule has 0 aliphatic heterocycles. The van der Waals surface area contributed by atoms with Crippen molar-refractivity contribution < 1.29 is 23.8 Å². The molecule has 0 bridgehead atoms. The first-order valence-electron chi connectivity index (χ1n) is 17.9. The molecular formula is C43H55NO5. The van der Waals surface area contributed by atoms with Crippen molar-refractivity contribution in [1.82, 2.24) is 4.98 Å². The lowest BCUT2D eigenvalue weighted by molar-refractivity contribution is -0.140. The number of aromatic nitrogens is 1. The second-order valence-corrected chi connectivity index (χ2v) is 12.5. The van der Waals surface area contributed by atoms with Crippen molar-refractivity contribution >= 4 is 11.9 Å².